The summed E-state index contributed by atoms with van der Waals surface area (Å²) in [6.07, 6.45) is 0. The van der Waals surface area contributed by atoms with Gasteiger partial charge in [-0.15, -0.1) is 0 Å². The number of rotatable bonds is 9. The number of benzene rings is 6. The Morgan fingerprint density at radius 2 is 0.577 bits per heavy atom. The Hall–Kier alpha value is -3.28. The van der Waals surface area contributed by atoms with Crippen molar-refractivity contribution < 1.29 is 9.46 Å². The van der Waals surface area contributed by atoms with Crippen LogP contribution in [0.1, 0.15) is 74.9 Å². The summed E-state index contributed by atoms with van der Waals surface area (Å²) < 4.78 is 19.0. The number of halogens is 1. The molecule has 0 aliphatic heterocycles. The van der Waals surface area contributed by atoms with Gasteiger partial charge < -0.3 is 4.89 Å². The van der Waals surface area contributed by atoms with E-state index in [1.807, 2.05) is 109 Å². The van der Waals surface area contributed by atoms with E-state index in [0.29, 0.717) is 0 Å². The summed E-state index contributed by atoms with van der Waals surface area (Å²) in [6.45, 7) is 8.59. The first-order valence-corrected chi connectivity index (χ1v) is 26.0. The molecule has 0 heterocycles. The molecule has 6 aromatic carbocycles. The summed E-state index contributed by atoms with van der Waals surface area (Å²) in [5.41, 5.74) is 5.05. The van der Waals surface area contributed by atoms with Gasteiger partial charge in [0.05, 0.1) is 0 Å². The van der Waals surface area contributed by atoms with Crippen LogP contribution in [0.25, 0.3) is 0 Å². The van der Waals surface area contributed by atoms with Gasteiger partial charge in [-0.05, 0) is 48.9 Å². The van der Waals surface area contributed by atoms with Gasteiger partial charge in [0, 0.05) is 10.3 Å². The summed E-state index contributed by atoms with van der Waals surface area (Å²) in [7, 11) is -2.63. The van der Waals surface area contributed by atoms with Crippen molar-refractivity contribution in [3.63, 3.8) is 0 Å². The van der Waals surface area contributed by atoms with Crippen molar-refractivity contribution >= 4 is 34.7 Å². The highest BCUT2D eigenvalue weighted by Gasteiger charge is 2.72. The van der Waals surface area contributed by atoms with Crippen LogP contribution in [-0.2, 0) is 14.9 Å². The minimum Gasteiger partial charge on any atom is -0.628 e. The first-order valence-electron chi connectivity index (χ1n) is 17.8. The van der Waals surface area contributed by atoms with Crippen LogP contribution in [0.4, 0.5) is 0 Å². The van der Waals surface area contributed by atoms with Crippen LogP contribution in [0, 0.1) is 0 Å². The summed E-state index contributed by atoms with van der Waals surface area (Å²) in [5.74, 6) is 0. The smallest absolute Gasteiger partial charge is 0.292 e. The lowest BCUT2D eigenvalue weighted by Crippen LogP contribution is -2.41. The highest BCUT2D eigenvalue weighted by Crippen LogP contribution is 3.00. The van der Waals surface area contributed by atoms with Gasteiger partial charge in [-0.1, -0.05) is 224 Å². The zero-order valence-corrected chi connectivity index (χ0v) is 35.1. The molecule has 0 bridgehead atoms. The highest BCUT2D eigenvalue weighted by atomic mass is 79.9. The van der Waals surface area contributed by atoms with Crippen LogP contribution in [0.5, 0.6) is 0 Å². The fraction of sp³-hybridized carbons (Fsp3) is 0.217. The first kappa shape index (κ1) is 38.4. The third kappa shape index (κ3) is 5.89. The van der Waals surface area contributed by atoms with Crippen LogP contribution < -0.4 is 4.89 Å². The van der Waals surface area contributed by atoms with Gasteiger partial charge in [0.1, 0.15) is 22.7 Å². The van der Waals surface area contributed by atoms with E-state index in [1.165, 1.54) is 0 Å². The molecule has 0 aliphatic carbocycles. The van der Waals surface area contributed by atoms with Crippen molar-refractivity contribution in [2.75, 3.05) is 0 Å². The van der Waals surface area contributed by atoms with Gasteiger partial charge in [-0.3, -0.25) is 4.57 Å². The van der Waals surface area contributed by atoms with Crippen molar-refractivity contribution in [2.45, 2.75) is 62.2 Å². The second kappa shape index (κ2) is 14.9. The third-order valence-electron chi connectivity index (χ3n) is 10.3. The number of hydrogen-bond donors (Lipinski definition) is 0. The average molecular weight is 806 g/mol. The van der Waals surface area contributed by atoms with Gasteiger partial charge in [-0.25, -0.2) is 0 Å². The Bertz CT molecular complexity index is 1850. The second-order valence-corrected chi connectivity index (χ2v) is 33.6. The van der Waals surface area contributed by atoms with E-state index in [9.17, 15) is 0 Å². The molecule has 1 atom stereocenters. The third-order valence-corrected chi connectivity index (χ3v) is 42.3. The molecular formula is C46H48BrO2P3. The zero-order chi connectivity index (χ0) is 37.3. The van der Waals surface area contributed by atoms with Gasteiger partial charge in [0.25, 0.3) is 6.83 Å². The molecule has 6 aromatic rings. The molecule has 0 amide bonds. The molecule has 2 nitrogen and oxygen atoms in total. The Kier molecular flexibility index (Phi) is 11.0. The van der Waals surface area contributed by atoms with E-state index < -0.39 is 39.8 Å². The molecule has 6 heteroatoms. The molecule has 0 N–H and O–H groups in total. The lowest BCUT2D eigenvalue weighted by molar-refractivity contribution is -0.147. The maximum absolute atomic E-state index is 19.0. The monoisotopic (exact) mass is 804 g/mol. The van der Waals surface area contributed by atoms with Gasteiger partial charge in [-0.2, -0.15) is 0 Å². The van der Waals surface area contributed by atoms with Crippen molar-refractivity contribution in [1.82, 2.24) is 0 Å². The number of hydrogen-bond acceptors (Lipinski definition) is 2. The quantitative estimate of drug-likeness (QED) is 0.108. The molecule has 0 aliphatic rings. The van der Waals surface area contributed by atoms with Crippen molar-refractivity contribution in [2.24, 2.45) is 0 Å². The van der Waals surface area contributed by atoms with E-state index in [4.69, 9.17) is 0 Å². The minimum atomic E-state index is -4.43. The van der Waals surface area contributed by atoms with Crippen LogP contribution in [0.15, 0.2) is 182 Å². The first-order chi connectivity index (χ1) is 24.8. The van der Waals surface area contributed by atoms with Crippen LogP contribution in [0.2, 0.25) is 0 Å². The molecular weight excluding hydrogens is 757 g/mol. The van der Waals surface area contributed by atoms with E-state index in [2.05, 4.69) is 130 Å². The van der Waals surface area contributed by atoms with E-state index in [0.717, 1.165) is 33.4 Å². The maximum Gasteiger partial charge on any atom is 0.292 e. The Morgan fingerprint density at radius 1 is 0.404 bits per heavy atom. The lowest BCUT2D eigenvalue weighted by Gasteiger charge is -2.52. The molecule has 6 rings (SSSR count). The molecule has 52 heavy (non-hydrogen) atoms. The van der Waals surface area contributed by atoms with E-state index in [-0.39, 0.29) is 0 Å². The molecule has 0 saturated heterocycles. The van der Waals surface area contributed by atoms with E-state index in [1.54, 1.807) is 0 Å². The predicted molar refractivity (Wildman–Crippen MR) is 228 cm³/mol. The maximum atomic E-state index is 19.0. The molecule has 0 radical (unpaired) electrons. The molecule has 0 saturated carbocycles. The summed E-state index contributed by atoms with van der Waals surface area (Å²) in [4.78, 5) is 17.4. The van der Waals surface area contributed by atoms with E-state index >= 15 is 9.46 Å². The Morgan fingerprint density at radius 3 is 0.731 bits per heavy atom. The fourth-order valence-corrected chi connectivity index (χ4v) is 39.2. The van der Waals surface area contributed by atoms with Gasteiger partial charge in [0.15, 0.2) is 0 Å². The zero-order valence-electron chi connectivity index (χ0n) is 30.9. The summed E-state index contributed by atoms with van der Waals surface area (Å²) >= 11 is 4.40. The summed E-state index contributed by atoms with van der Waals surface area (Å²) in [5, 5.41) is -6.68. The van der Waals surface area contributed by atoms with Crippen LogP contribution in [-0.4, -0.2) is 10.3 Å². The van der Waals surface area contributed by atoms with Crippen LogP contribution in [0.3, 0.4) is 0 Å². The second-order valence-electron chi connectivity index (χ2n) is 15.3. The minimum absolute atomic E-state index is 0.500. The largest absolute Gasteiger partial charge is 0.628 e. The van der Waals surface area contributed by atoms with Crippen molar-refractivity contribution in [1.29, 1.82) is 0 Å². The van der Waals surface area contributed by atoms with Gasteiger partial charge >= 0.3 is 0 Å². The SMILES string of the molecule is CC(C)(C)P(Br)(=[P+]([O-])P(=O)(C(c1ccccc1)(c1ccccc1)c1ccccc1)C(c1ccccc1)(c1ccccc1)c1ccccc1)C(C)(C)C. The van der Waals surface area contributed by atoms with Crippen molar-refractivity contribution in [3.05, 3.63) is 215 Å². The fourth-order valence-electron chi connectivity index (χ4n) is 8.33. The van der Waals surface area contributed by atoms with Crippen LogP contribution >= 0.6 is 34.7 Å². The predicted octanol–water partition coefficient (Wildman–Crippen LogP) is 13.8. The Balaban J connectivity index is 2.10. The van der Waals surface area contributed by atoms with Crippen molar-refractivity contribution in [3.8, 4) is 0 Å². The van der Waals surface area contributed by atoms with Gasteiger partial charge in [0.2, 0.25) is 0 Å². The molecule has 266 valence electrons. The normalized spacial score (nSPS) is 13.4. The lowest BCUT2D eigenvalue weighted by atomic mass is 9.82. The standard InChI is InChI=1S/C46H48BrO2P3/c1-43(2,3)51(47,44(4,5)6)50(48)52(49,45(37-25-13-7-14-26-37,38-27-15-8-16-28-38)39-29-17-9-18-30-39)46(40-31-19-10-20-32-40,41-33-21-11-22-34-41)42-35-23-12-24-36-42/h7-36H,1-6H3. The molecule has 0 spiro atoms. The average Bonchev–Trinajstić information content (AvgIpc) is 3.16. The topological polar surface area (TPSA) is 40.1 Å². The Labute approximate surface area is 320 Å². The highest BCUT2D eigenvalue weighted by molar-refractivity contribution is 9.44. The molecule has 0 fully saturated rings. The molecule has 1 unspecified atom stereocenters. The molecule has 0 aromatic heterocycles. The summed E-state index contributed by atoms with van der Waals surface area (Å²) in [6, 6.07) is 61.3.